The van der Waals surface area contributed by atoms with Gasteiger partial charge in [-0.3, -0.25) is 4.79 Å². The topological polar surface area (TPSA) is 38.3 Å². The lowest BCUT2D eigenvalue weighted by molar-refractivity contribution is -0.119. The molecule has 0 aliphatic heterocycles. The molecule has 1 aromatic rings. The van der Waals surface area contributed by atoms with Crippen molar-refractivity contribution in [3.05, 3.63) is 28.8 Å². The highest BCUT2D eigenvalue weighted by Crippen LogP contribution is 2.19. The summed E-state index contributed by atoms with van der Waals surface area (Å²) in [5.41, 5.74) is 1.67. The fourth-order valence-electron chi connectivity index (χ4n) is 0.999. The number of amides is 1. The van der Waals surface area contributed by atoms with Gasteiger partial charge in [-0.05, 0) is 24.6 Å². The van der Waals surface area contributed by atoms with Crippen molar-refractivity contribution in [2.45, 2.75) is 6.92 Å². The van der Waals surface area contributed by atoms with E-state index in [4.69, 9.17) is 11.6 Å². The first-order chi connectivity index (χ1) is 6.63. The van der Waals surface area contributed by atoms with Gasteiger partial charge >= 0.3 is 0 Å². The lowest BCUT2D eigenvalue weighted by atomic mass is 10.2. The quantitative estimate of drug-likeness (QED) is 0.836. The van der Waals surface area contributed by atoms with E-state index in [1.807, 2.05) is 13.0 Å². The number of ether oxygens (including phenoxy) is 1. The van der Waals surface area contributed by atoms with Gasteiger partial charge in [0.15, 0.2) is 0 Å². The highest BCUT2D eigenvalue weighted by atomic mass is 35.5. The number of aryl methyl sites for hydroxylation is 1. The minimum absolute atomic E-state index is 0.0471. The second kappa shape index (κ2) is 4.98. The van der Waals surface area contributed by atoms with Gasteiger partial charge in [-0.1, -0.05) is 17.7 Å². The van der Waals surface area contributed by atoms with Crippen LogP contribution in [0.15, 0.2) is 18.2 Å². The zero-order valence-electron chi connectivity index (χ0n) is 8.13. The minimum Gasteiger partial charge on any atom is -0.375 e. The van der Waals surface area contributed by atoms with Crippen LogP contribution in [0.25, 0.3) is 0 Å². The van der Waals surface area contributed by atoms with Crippen molar-refractivity contribution in [1.82, 2.24) is 0 Å². The number of halogens is 1. The van der Waals surface area contributed by atoms with Gasteiger partial charge in [0, 0.05) is 17.8 Å². The highest BCUT2D eigenvalue weighted by molar-refractivity contribution is 6.31. The Balaban J connectivity index is 2.68. The Kier molecular flexibility index (Phi) is 3.92. The molecule has 76 valence electrons. The number of nitrogens with one attached hydrogen (secondary N) is 1. The Labute approximate surface area is 88.0 Å². The number of hydrogen-bond donors (Lipinski definition) is 1. The number of anilines is 1. The molecule has 14 heavy (non-hydrogen) atoms. The molecule has 3 nitrogen and oxygen atoms in total. The van der Waals surface area contributed by atoms with Crippen LogP contribution in [0, 0.1) is 6.92 Å². The molecule has 0 unspecified atom stereocenters. The van der Waals surface area contributed by atoms with E-state index in [2.05, 4.69) is 10.1 Å². The molecule has 0 spiro atoms. The van der Waals surface area contributed by atoms with Crippen molar-refractivity contribution in [2.75, 3.05) is 19.0 Å². The second-order valence-corrected chi connectivity index (χ2v) is 3.35. The van der Waals surface area contributed by atoms with Gasteiger partial charge in [0.05, 0.1) is 0 Å². The number of carbonyl (C=O) groups is 1. The Hall–Kier alpha value is -1.06. The van der Waals surface area contributed by atoms with Gasteiger partial charge in [0.2, 0.25) is 5.91 Å². The Morgan fingerprint density at radius 2 is 2.29 bits per heavy atom. The number of carbonyl (C=O) groups excluding carboxylic acids is 1. The average molecular weight is 214 g/mol. The van der Waals surface area contributed by atoms with Gasteiger partial charge in [-0.2, -0.15) is 0 Å². The van der Waals surface area contributed by atoms with Gasteiger partial charge in [0.25, 0.3) is 0 Å². The van der Waals surface area contributed by atoms with Crippen molar-refractivity contribution >= 4 is 23.2 Å². The predicted octanol–water partition coefficient (Wildman–Crippen LogP) is 2.23. The van der Waals surface area contributed by atoms with E-state index >= 15 is 0 Å². The summed E-state index contributed by atoms with van der Waals surface area (Å²) in [6.45, 7) is 1.95. The van der Waals surface area contributed by atoms with Crippen molar-refractivity contribution in [3.63, 3.8) is 0 Å². The van der Waals surface area contributed by atoms with Crippen LogP contribution in [0.4, 0.5) is 5.69 Å². The summed E-state index contributed by atoms with van der Waals surface area (Å²) in [4.78, 5) is 11.1. The summed E-state index contributed by atoms with van der Waals surface area (Å²) in [6.07, 6.45) is 0. The van der Waals surface area contributed by atoms with E-state index < -0.39 is 0 Å². The maximum absolute atomic E-state index is 11.1. The van der Waals surface area contributed by atoms with Crippen molar-refractivity contribution in [2.24, 2.45) is 0 Å². The monoisotopic (exact) mass is 213 g/mol. The van der Waals surface area contributed by atoms with E-state index in [0.717, 1.165) is 5.56 Å². The third kappa shape index (κ3) is 3.01. The van der Waals surface area contributed by atoms with E-state index in [1.165, 1.54) is 7.11 Å². The van der Waals surface area contributed by atoms with E-state index in [1.54, 1.807) is 12.1 Å². The van der Waals surface area contributed by atoms with Gasteiger partial charge in [-0.25, -0.2) is 0 Å². The molecular weight excluding hydrogens is 202 g/mol. The molecule has 1 N–H and O–H groups in total. The van der Waals surface area contributed by atoms with Gasteiger partial charge in [0.1, 0.15) is 6.61 Å². The van der Waals surface area contributed by atoms with Gasteiger partial charge in [-0.15, -0.1) is 0 Å². The van der Waals surface area contributed by atoms with Crippen LogP contribution in [0.2, 0.25) is 5.02 Å². The summed E-state index contributed by atoms with van der Waals surface area (Å²) in [5, 5.41) is 3.30. The minimum atomic E-state index is -0.188. The van der Waals surface area contributed by atoms with Crippen LogP contribution < -0.4 is 5.32 Å². The molecule has 0 atom stereocenters. The fourth-order valence-corrected chi connectivity index (χ4v) is 1.18. The summed E-state index contributed by atoms with van der Waals surface area (Å²) >= 11 is 5.89. The summed E-state index contributed by atoms with van der Waals surface area (Å²) in [6, 6.07) is 5.37. The summed E-state index contributed by atoms with van der Waals surface area (Å²) in [7, 11) is 1.47. The molecule has 0 aromatic heterocycles. The van der Waals surface area contributed by atoms with Gasteiger partial charge < -0.3 is 10.1 Å². The van der Waals surface area contributed by atoms with Crippen LogP contribution >= 0.6 is 11.6 Å². The molecule has 1 rings (SSSR count). The van der Waals surface area contributed by atoms with Crippen LogP contribution in [-0.2, 0) is 9.53 Å². The zero-order valence-corrected chi connectivity index (χ0v) is 8.89. The van der Waals surface area contributed by atoms with E-state index in [9.17, 15) is 4.79 Å². The summed E-state index contributed by atoms with van der Waals surface area (Å²) in [5.74, 6) is -0.188. The van der Waals surface area contributed by atoms with E-state index in [-0.39, 0.29) is 12.5 Å². The molecule has 4 heteroatoms. The summed E-state index contributed by atoms with van der Waals surface area (Å²) < 4.78 is 4.68. The van der Waals surface area contributed by atoms with Crippen LogP contribution in [0.1, 0.15) is 5.56 Å². The average Bonchev–Trinajstić information content (AvgIpc) is 2.12. The predicted molar refractivity (Wildman–Crippen MR) is 56.7 cm³/mol. The van der Waals surface area contributed by atoms with E-state index in [0.29, 0.717) is 10.7 Å². The highest BCUT2D eigenvalue weighted by Gasteiger charge is 2.02. The third-order valence-corrected chi connectivity index (χ3v) is 2.14. The van der Waals surface area contributed by atoms with Crippen molar-refractivity contribution < 1.29 is 9.53 Å². The van der Waals surface area contributed by atoms with Crippen LogP contribution in [0.5, 0.6) is 0 Å². The molecule has 0 aliphatic rings. The maximum Gasteiger partial charge on any atom is 0.250 e. The molecule has 1 amide bonds. The largest absolute Gasteiger partial charge is 0.375 e. The maximum atomic E-state index is 11.1. The Morgan fingerprint density at radius 3 is 2.86 bits per heavy atom. The second-order valence-electron chi connectivity index (χ2n) is 2.95. The molecule has 0 heterocycles. The smallest absolute Gasteiger partial charge is 0.250 e. The Morgan fingerprint density at radius 1 is 1.57 bits per heavy atom. The molecular formula is C10H12ClNO2. The first-order valence-electron chi connectivity index (χ1n) is 4.18. The molecule has 0 fully saturated rings. The fraction of sp³-hybridized carbons (Fsp3) is 0.300. The zero-order chi connectivity index (χ0) is 10.6. The van der Waals surface area contributed by atoms with Crippen molar-refractivity contribution in [1.29, 1.82) is 0 Å². The number of hydrogen-bond acceptors (Lipinski definition) is 2. The normalized spacial score (nSPS) is 9.93. The Bertz CT molecular complexity index is 339. The lowest BCUT2D eigenvalue weighted by Gasteiger charge is -2.05. The molecule has 0 saturated heterocycles. The van der Waals surface area contributed by atoms with Crippen LogP contribution in [-0.4, -0.2) is 19.6 Å². The molecule has 0 aliphatic carbocycles. The molecule has 0 saturated carbocycles. The van der Waals surface area contributed by atoms with Crippen LogP contribution in [0.3, 0.4) is 0 Å². The first kappa shape index (κ1) is 11.0. The standard InChI is InChI=1S/C10H12ClNO2/c1-7-3-4-8(5-9(7)11)12-10(13)6-14-2/h3-5H,6H2,1-2H3,(H,12,13). The number of benzene rings is 1. The first-order valence-corrected chi connectivity index (χ1v) is 4.56. The lowest BCUT2D eigenvalue weighted by Crippen LogP contribution is -2.16. The molecule has 1 aromatic carbocycles. The SMILES string of the molecule is COCC(=O)Nc1ccc(C)c(Cl)c1. The molecule has 0 radical (unpaired) electrons. The third-order valence-electron chi connectivity index (χ3n) is 1.73. The number of rotatable bonds is 3. The number of methoxy groups -OCH3 is 1. The van der Waals surface area contributed by atoms with Crippen molar-refractivity contribution in [3.8, 4) is 0 Å². The molecule has 0 bridgehead atoms.